The fraction of sp³-hybridized carbons (Fsp3) is 0.643. The number of amides is 1. The first-order valence-electron chi connectivity index (χ1n) is 7.57. The van der Waals surface area contributed by atoms with Gasteiger partial charge in [0, 0.05) is 32.1 Å². The van der Waals surface area contributed by atoms with E-state index in [1.807, 2.05) is 0 Å². The third-order valence-electron chi connectivity index (χ3n) is 4.18. The van der Waals surface area contributed by atoms with Crippen LogP contribution >= 0.6 is 0 Å². The molecule has 0 aromatic carbocycles. The first kappa shape index (κ1) is 14.1. The van der Waals surface area contributed by atoms with Gasteiger partial charge >= 0.3 is 0 Å². The van der Waals surface area contributed by atoms with Gasteiger partial charge in [0.2, 0.25) is 11.9 Å². The van der Waals surface area contributed by atoms with E-state index >= 15 is 0 Å². The molecule has 3 heterocycles. The van der Waals surface area contributed by atoms with E-state index in [0.717, 1.165) is 31.7 Å². The summed E-state index contributed by atoms with van der Waals surface area (Å²) in [4.78, 5) is 24.7. The van der Waals surface area contributed by atoms with Crippen LogP contribution in [0.3, 0.4) is 0 Å². The molecule has 0 radical (unpaired) electrons. The largest absolute Gasteiger partial charge is 0.383 e. The van der Waals surface area contributed by atoms with Gasteiger partial charge in [0.1, 0.15) is 11.6 Å². The van der Waals surface area contributed by atoms with Crippen molar-refractivity contribution < 1.29 is 4.79 Å². The van der Waals surface area contributed by atoms with Gasteiger partial charge in [-0.25, -0.2) is 0 Å². The molecule has 0 aliphatic carbocycles. The highest BCUT2D eigenvalue weighted by Gasteiger charge is 2.32. The molecule has 2 aliphatic heterocycles. The number of carbonyl (C=O) groups excluding carboxylic acids is 1. The molecule has 1 unspecified atom stereocenters. The molecule has 0 bridgehead atoms. The van der Waals surface area contributed by atoms with E-state index in [2.05, 4.69) is 14.9 Å². The number of aromatic nitrogens is 2. The average molecular weight is 290 g/mol. The Hall–Kier alpha value is -1.89. The number of anilines is 3. The maximum absolute atomic E-state index is 12.1. The average Bonchev–Trinajstić information content (AvgIpc) is 2.89. The lowest BCUT2D eigenvalue weighted by atomic mass is 10.1. The minimum Gasteiger partial charge on any atom is -0.383 e. The molecule has 2 aliphatic rings. The topological polar surface area (TPSA) is 101 Å². The van der Waals surface area contributed by atoms with Crippen molar-refractivity contribution in [3.05, 3.63) is 6.07 Å². The predicted octanol–water partition coefficient (Wildman–Crippen LogP) is 0.361. The molecule has 7 nitrogen and oxygen atoms in total. The van der Waals surface area contributed by atoms with Crippen molar-refractivity contribution in [1.82, 2.24) is 9.97 Å². The van der Waals surface area contributed by atoms with Crippen LogP contribution in [0, 0.1) is 5.92 Å². The maximum Gasteiger partial charge on any atom is 0.236 e. The lowest BCUT2D eigenvalue weighted by Crippen LogP contribution is -2.32. The van der Waals surface area contributed by atoms with Gasteiger partial charge < -0.3 is 16.4 Å². The number of rotatable bonds is 3. The van der Waals surface area contributed by atoms with Crippen molar-refractivity contribution in [3.63, 3.8) is 0 Å². The van der Waals surface area contributed by atoms with Crippen LogP contribution in [0.5, 0.6) is 0 Å². The predicted molar refractivity (Wildman–Crippen MR) is 82.0 cm³/mol. The Labute approximate surface area is 124 Å². The number of piperidine rings is 1. The summed E-state index contributed by atoms with van der Waals surface area (Å²) in [6.45, 7) is 3.05. The van der Waals surface area contributed by atoms with E-state index in [9.17, 15) is 4.79 Å². The number of hydrogen-bond acceptors (Lipinski definition) is 6. The van der Waals surface area contributed by atoms with E-state index in [1.54, 1.807) is 11.0 Å². The first-order chi connectivity index (χ1) is 10.2. The van der Waals surface area contributed by atoms with Gasteiger partial charge in [-0.15, -0.1) is 0 Å². The van der Waals surface area contributed by atoms with Gasteiger partial charge in [-0.1, -0.05) is 0 Å². The summed E-state index contributed by atoms with van der Waals surface area (Å²) in [5.41, 5.74) is 11.6. The Balaban J connectivity index is 1.85. The normalized spacial score (nSPS) is 22.9. The van der Waals surface area contributed by atoms with Crippen LogP contribution in [0.2, 0.25) is 0 Å². The molecule has 114 valence electrons. The van der Waals surface area contributed by atoms with Gasteiger partial charge in [-0.3, -0.25) is 9.69 Å². The summed E-state index contributed by atoms with van der Waals surface area (Å²) < 4.78 is 0. The zero-order valence-corrected chi connectivity index (χ0v) is 12.2. The Bertz CT molecular complexity index is 528. The third-order valence-corrected chi connectivity index (χ3v) is 4.18. The molecule has 0 spiro atoms. The standard InChI is InChI=1S/C14H22N6O/c15-8-10-6-13(21)20(9-10)14-17-11(16)7-12(18-14)19-4-2-1-3-5-19/h7,10H,1-6,8-9,15H2,(H2,16,17,18). The maximum atomic E-state index is 12.1. The molecule has 2 saturated heterocycles. The Kier molecular flexibility index (Phi) is 3.92. The van der Waals surface area contributed by atoms with Gasteiger partial charge in [0.05, 0.1) is 0 Å². The highest BCUT2D eigenvalue weighted by molar-refractivity contribution is 5.94. The highest BCUT2D eigenvalue weighted by atomic mass is 16.2. The summed E-state index contributed by atoms with van der Waals surface area (Å²) in [7, 11) is 0. The summed E-state index contributed by atoms with van der Waals surface area (Å²) in [6.07, 6.45) is 4.05. The van der Waals surface area contributed by atoms with Crippen molar-refractivity contribution in [2.45, 2.75) is 25.7 Å². The molecule has 3 rings (SSSR count). The lowest BCUT2D eigenvalue weighted by molar-refractivity contribution is -0.117. The zero-order valence-electron chi connectivity index (χ0n) is 12.2. The fourth-order valence-corrected chi connectivity index (χ4v) is 2.98. The fourth-order valence-electron chi connectivity index (χ4n) is 2.98. The van der Waals surface area contributed by atoms with Crippen molar-refractivity contribution in [2.75, 3.05) is 41.7 Å². The number of hydrogen-bond donors (Lipinski definition) is 2. The summed E-state index contributed by atoms with van der Waals surface area (Å²) in [6, 6.07) is 1.79. The van der Waals surface area contributed by atoms with E-state index in [0.29, 0.717) is 31.3 Å². The van der Waals surface area contributed by atoms with Crippen LogP contribution in [0.15, 0.2) is 6.07 Å². The molecule has 7 heteroatoms. The SMILES string of the molecule is NCC1CC(=O)N(c2nc(N)cc(N3CCCCC3)n2)C1. The van der Waals surface area contributed by atoms with Crippen molar-refractivity contribution >= 4 is 23.5 Å². The number of carbonyl (C=O) groups is 1. The molecule has 1 amide bonds. The Morgan fingerprint density at radius 1 is 1.24 bits per heavy atom. The van der Waals surface area contributed by atoms with Crippen LogP contribution in [-0.2, 0) is 4.79 Å². The molecular formula is C14H22N6O. The zero-order chi connectivity index (χ0) is 14.8. The van der Waals surface area contributed by atoms with Crippen LogP contribution < -0.4 is 21.3 Å². The second kappa shape index (κ2) is 5.85. The second-order valence-electron chi connectivity index (χ2n) is 5.81. The Morgan fingerprint density at radius 2 is 2.00 bits per heavy atom. The van der Waals surface area contributed by atoms with Crippen molar-refractivity contribution in [1.29, 1.82) is 0 Å². The van der Waals surface area contributed by atoms with Gasteiger partial charge in [0.15, 0.2) is 0 Å². The minimum absolute atomic E-state index is 0.0284. The van der Waals surface area contributed by atoms with Gasteiger partial charge in [0.25, 0.3) is 0 Å². The monoisotopic (exact) mass is 290 g/mol. The second-order valence-corrected chi connectivity index (χ2v) is 5.81. The number of nitrogens with two attached hydrogens (primary N) is 2. The van der Waals surface area contributed by atoms with Gasteiger partial charge in [-0.05, 0) is 31.7 Å². The lowest BCUT2D eigenvalue weighted by Gasteiger charge is -2.28. The van der Waals surface area contributed by atoms with Crippen LogP contribution in [0.1, 0.15) is 25.7 Å². The molecule has 1 aromatic heterocycles. The highest BCUT2D eigenvalue weighted by Crippen LogP contribution is 2.26. The Morgan fingerprint density at radius 3 is 2.67 bits per heavy atom. The summed E-state index contributed by atoms with van der Waals surface area (Å²) in [5.74, 6) is 1.85. The van der Waals surface area contributed by atoms with E-state index in [4.69, 9.17) is 11.5 Å². The quantitative estimate of drug-likeness (QED) is 0.833. The number of nitrogens with zero attached hydrogens (tertiary/aromatic N) is 4. The molecule has 0 saturated carbocycles. The minimum atomic E-state index is 0.0284. The summed E-state index contributed by atoms with van der Waals surface area (Å²) in [5, 5.41) is 0. The van der Waals surface area contributed by atoms with Crippen LogP contribution in [0.4, 0.5) is 17.6 Å². The van der Waals surface area contributed by atoms with Crippen molar-refractivity contribution in [3.8, 4) is 0 Å². The molecule has 21 heavy (non-hydrogen) atoms. The molecule has 4 N–H and O–H groups in total. The van der Waals surface area contributed by atoms with Crippen molar-refractivity contribution in [2.24, 2.45) is 11.7 Å². The van der Waals surface area contributed by atoms with Crippen LogP contribution in [-0.4, -0.2) is 42.1 Å². The van der Waals surface area contributed by atoms with Crippen LogP contribution in [0.25, 0.3) is 0 Å². The smallest absolute Gasteiger partial charge is 0.236 e. The van der Waals surface area contributed by atoms with E-state index in [1.165, 1.54) is 6.42 Å². The molecular weight excluding hydrogens is 268 g/mol. The van der Waals surface area contributed by atoms with Gasteiger partial charge in [-0.2, -0.15) is 9.97 Å². The van der Waals surface area contributed by atoms with E-state index < -0.39 is 0 Å². The molecule has 2 fully saturated rings. The summed E-state index contributed by atoms with van der Waals surface area (Å²) >= 11 is 0. The van der Waals surface area contributed by atoms with E-state index in [-0.39, 0.29) is 11.8 Å². The first-order valence-corrected chi connectivity index (χ1v) is 7.57. The number of nitrogen functional groups attached to an aromatic ring is 1. The molecule has 1 atom stereocenters. The third kappa shape index (κ3) is 2.92. The molecule has 1 aromatic rings.